The standard InChI is InChI=1S/C16H19N5O3/c1-11(17-7-9-20-8-6-15(19-20)21(23)24)12-2-4-14-13(10-12)3-5-16(22)18-14/h2,4,6,8,10-11,17H,3,5,7,9H2,1H3,(H,18,22)/t11-/m1/s1. The third kappa shape index (κ3) is 3.60. The number of rotatable bonds is 6. The van der Waals surface area contributed by atoms with Gasteiger partial charge in [-0.25, -0.2) is 0 Å². The summed E-state index contributed by atoms with van der Waals surface area (Å²) >= 11 is 0. The fourth-order valence-electron chi connectivity index (χ4n) is 2.76. The Bertz CT molecular complexity index is 771. The Morgan fingerprint density at radius 1 is 1.42 bits per heavy atom. The highest BCUT2D eigenvalue weighted by atomic mass is 16.6. The number of carbonyl (C=O) groups excluding carboxylic acids is 1. The number of anilines is 1. The molecule has 0 saturated carbocycles. The van der Waals surface area contributed by atoms with Crippen LogP contribution in [0.4, 0.5) is 11.5 Å². The van der Waals surface area contributed by atoms with Gasteiger partial charge in [-0.15, -0.1) is 0 Å². The van der Waals surface area contributed by atoms with Crippen LogP contribution in [0.5, 0.6) is 0 Å². The van der Waals surface area contributed by atoms with Gasteiger partial charge in [-0.05, 0) is 35.5 Å². The number of carbonyl (C=O) groups is 1. The quantitative estimate of drug-likeness (QED) is 0.623. The Kier molecular flexibility index (Phi) is 4.57. The molecule has 2 N–H and O–H groups in total. The zero-order valence-electron chi connectivity index (χ0n) is 13.4. The monoisotopic (exact) mass is 329 g/mol. The van der Waals surface area contributed by atoms with Crippen molar-refractivity contribution in [1.82, 2.24) is 15.1 Å². The van der Waals surface area contributed by atoms with E-state index in [9.17, 15) is 14.9 Å². The molecule has 2 heterocycles. The molecule has 0 bridgehead atoms. The van der Waals surface area contributed by atoms with E-state index in [4.69, 9.17) is 0 Å². The van der Waals surface area contributed by atoms with Crippen molar-refractivity contribution in [2.75, 3.05) is 11.9 Å². The molecular formula is C16H19N5O3. The van der Waals surface area contributed by atoms with Gasteiger partial charge in [0, 0.05) is 24.7 Å². The number of aryl methyl sites for hydroxylation is 1. The van der Waals surface area contributed by atoms with Gasteiger partial charge in [0.15, 0.2) is 0 Å². The summed E-state index contributed by atoms with van der Waals surface area (Å²) in [6.45, 7) is 3.27. The average Bonchev–Trinajstić information content (AvgIpc) is 3.03. The molecular weight excluding hydrogens is 310 g/mol. The van der Waals surface area contributed by atoms with Gasteiger partial charge in [-0.1, -0.05) is 12.1 Å². The van der Waals surface area contributed by atoms with E-state index in [-0.39, 0.29) is 17.8 Å². The minimum Gasteiger partial charge on any atom is -0.358 e. The van der Waals surface area contributed by atoms with Crippen molar-refractivity contribution in [3.8, 4) is 0 Å². The molecule has 0 spiro atoms. The van der Waals surface area contributed by atoms with Gasteiger partial charge in [0.2, 0.25) is 5.91 Å². The van der Waals surface area contributed by atoms with Crippen molar-refractivity contribution in [3.05, 3.63) is 51.7 Å². The van der Waals surface area contributed by atoms with E-state index >= 15 is 0 Å². The van der Waals surface area contributed by atoms with E-state index in [0.29, 0.717) is 19.5 Å². The molecule has 1 aromatic carbocycles. The van der Waals surface area contributed by atoms with Crippen molar-refractivity contribution in [2.45, 2.75) is 32.4 Å². The summed E-state index contributed by atoms with van der Waals surface area (Å²) in [7, 11) is 0. The Labute approximate surface area is 139 Å². The van der Waals surface area contributed by atoms with Crippen molar-refractivity contribution < 1.29 is 9.72 Å². The molecule has 24 heavy (non-hydrogen) atoms. The first-order valence-electron chi connectivity index (χ1n) is 7.87. The van der Waals surface area contributed by atoms with E-state index in [1.54, 1.807) is 10.9 Å². The maximum Gasteiger partial charge on any atom is 0.389 e. The van der Waals surface area contributed by atoms with Gasteiger partial charge in [0.25, 0.3) is 0 Å². The van der Waals surface area contributed by atoms with Crippen molar-refractivity contribution in [3.63, 3.8) is 0 Å². The zero-order valence-corrected chi connectivity index (χ0v) is 13.4. The third-order valence-electron chi connectivity index (χ3n) is 4.13. The first-order valence-corrected chi connectivity index (χ1v) is 7.87. The molecule has 1 aromatic heterocycles. The molecule has 126 valence electrons. The molecule has 0 saturated heterocycles. The molecule has 0 aliphatic carbocycles. The second kappa shape index (κ2) is 6.79. The summed E-state index contributed by atoms with van der Waals surface area (Å²) in [5.41, 5.74) is 3.20. The number of benzene rings is 1. The molecule has 1 aliphatic rings. The summed E-state index contributed by atoms with van der Waals surface area (Å²) in [6.07, 6.45) is 2.89. The molecule has 3 rings (SSSR count). The molecule has 0 fully saturated rings. The molecule has 1 atom stereocenters. The number of hydrogen-bond donors (Lipinski definition) is 2. The van der Waals surface area contributed by atoms with Gasteiger partial charge in [0.1, 0.15) is 0 Å². The van der Waals surface area contributed by atoms with Crippen LogP contribution in [0.1, 0.15) is 30.5 Å². The maximum absolute atomic E-state index is 11.4. The molecule has 1 amide bonds. The van der Waals surface area contributed by atoms with E-state index in [0.717, 1.165) is 23.2 Å². The smallest absolute Gasteiger partial charge is 0.358 e. The Hall–Kier alpha value is -2.74. The Morgan fingerprint density at radius 2 is 2.25 bits per heavy atom. The summed E-state index contributed by atoms with van der Waals surface area (Å²) in [5, 5.41) is 20.7. The van der Waals surface area contributed by atoms with Gasteiger partial charge in [-0.2, -0.15) is 4.68 Å². The largest absolute Gasteiger partial charge is 0.389 e. The number of nitrogens with one attached hydrogen (secondary N) is 2. The van der Waals surface area contributed by atoms with Crippen molar-refractivity contribution in [1.29, 1.82) is 0 Å². The lowest BCUT2D eigenvalue weighted by molar-refractivity contribution is -0.389. The number of fused-ring (bicyclic) bond motifs is 1. The summed E-state index contributed by atoms with van der Waals surface area (Å²) in [4.78, 5) is 21.5. The zero-order chi connectivity index (χ0) is 17.1. The number of hydrogen-bond acceptors (Lipinski definition) is 5. The van der Waals surface area contributed by atoms with Crippen LogP contribution in [0.2, 0.25) is 0 Å². The van der Waals surface area contributed by atoms with Crippen LogP contribution in [-0.4, -0.2) is 27.2 Å². The van der Waals surface area contributed by atoms with Crippen LogP contribution in [0, 0.1) is 10.1 Å². The first kappa shape index (κ1) is 16.1. The molecule has 1 aliphatic heterocycles. The van der Waals surface area contributed by atoms with Gasteiger partial charge in [0.05, 0.1) is 23.9 Å². The minimum absolute atomic E-state index is 0.0646. The molecule has 0 radical (unpaired) electrons. The van der Waals surface area contributed by atoms with Gasteiger partial charge < -0.3 is 20.7 Å². The van der Waals surface area contributed by atoms with E-state index < -0.39 is 4.92 Å². The predicted molar refractivity (Wildman–Crippen MR) is 88.7 cm³/mol. The average molecular weight is 329 g/mol. The lowest BCUT2D eigenvalue weighted by atomic mass is 9.98. The number of aromatic nitrogens is 2. The van der Waals surface area contributed by atoms with Crippen molar-refractivity contribution >= 4 is 17.4 Å². The SMILES string of the molecule is C[C@@H](NCCn1ccc([N+](=O)[O-])n1)c1ccc2c(c1)CCC(=O)N2. The van der Waals surface area contributed by atoms with Crippen LogP contribution in [0.25, 0.3) is 0 Å². The predicted octanol–water partition coefficient (Wildman–Crippen LogP) is 2.03. The number of nitro groups is 1. The maximum atomic E-state index is 11.4. The second-order valence-corrected chi connectivity index (χ2v) is 5.83. The molecule has 8 heteroatoms. The topological polar surface area (TPSA) is 102 Å². The fraction of sp³-hybridized carbons (Fsp3) is 0.375. The fourth-order valence-corrected chi connectivity index (χ4v) is 2.76. The summed E-state index contributed by atoms with van der Waals surface area (Å²) in [6, 6.07) is 7.59. The van der Waals surface area contributed by atoms with E-state index in [1.807, 2.05) is 12.1 Å². The van der Waals surface area contributed by atoms with Crippen LogP contribution >= 0.6 is 0 Å². The highest BCUT2D eigenvalue weighted by Gasteiger charge is 2.16. The molecule has 8 nitrogen and oxygen atoms in total. The highest BCUT2D eigenvalue weighted by molar-refractivity contribution is 5.93. The summed E-state index contributed by atoms with van der Waals surface area (Å²) in [5.74, 6) is -0.0745. The van der Waals surface area contributed by atoms with Crippen LogP contribution in [-0.2, 0) is 17.8 Å². The van der Waals surface area contributed by atoms with Crippen molar-refractivity contribution in [2.24, 2.45) is 0 Å². The first-order chi connectivity index (χ1) is 11.5. The van der Waals surface area contributed by atoms with Crippen LogP contribution in [0.3, 0.4) is 0 Å². The van der Waals surface area contributed by atoms with E-state index in [1.165, 1.54) is 6.07 Å². The van der Waals surface area contributed by atoms with Gasteiger partial charge >= 0.3 is 5.82 Å². The Morgan fingerprint density at radius 3 is 3.00 bits per heavy atom. The second-order valence-electron chi connectivity index (χ2n) is 5.83. The summed E-state index contributed by atoms with van der Waals surface area (Å²) < 4.78 is 1.56. The Balaban J connectivity index is 1.56. The number of amides is 1. The highest BCUT2D eigenvalue weighted by Crippen LogP contribution is 2.26. The third-order valence-corrected chi connectivity index (χ3v) is 4.13. The minimum atomic E-state index is -0.502. The van der Waals surface area contributed by atoms with Gasteiger partial charge in [-0.3, -0.25) is 4.79 Å². The van der Waals surface area contributed by atoms with E-state index in [2.05, 4.69) is 28.7 Å². The number of nitrogens with zero attached hydrogens (tertiary/aromatic N) is 3. The lowest BCUT2D eigenvalue weighted by Gasteiger charge is -2.20. The molecule has 2 aromatic rings. The van der Waals surface area contributed by atoms with Crippen LogP contribution in [0.15, 0.2) is 30.5 Å². The molecule has 0 unspecified atom stereocenters. The normalized spacial score (nSPS) is 14.8. The lowest BCUT2D eigenvalue weighted by Crippen LogP contribution is -2.24. The van der Waals surface area contributed by atoms with Crippen LogP contribution < -0.4 is 10.6 Å².